The highest BCUT2D eigenvalue weighted by Crippen LogP contribution is 2.26. The van der Waals surface area contributed by atoms with Crippen LogP contribution in [0.4, 0.5) is 5.69 Å². The molecule has 2 heterocycles. The second-order valence-corrected chi connectivity index (χ2v) is 7.51. The standard InChI is InChI=1S/C16H20N2O4S/c1-12-5-6-13(10-15(12)16-17-7-9-22-16)18-23(19,20)11-14-4-2-3-8-21-14/h5-7,9-10,14,18H,2-4,8,11H2,1H3. The fraction of sp³-hybridized carbons (Fsp3) is 0.438. The van der Waals surface area contributed by atoms with E-state index in [-0.39, 0.29) is 11.9 Å². The van der Waals surface area contributed by atoms with Crippen LogP contribution >= 0.6 is 0 Å². The number of nitrogens with one attached hydrogen (secondary N) is 1. The van der Waals surface area contributed by atoms with Crippen molar-refractivity contribution in [3.05, 3.63) is 36.2 Å². The molecule has 1 aliphatic heterocycles. The highest BCUT2D eigenvalue weighted by molar-refractivity contribution is 7.92. The van der Waals surface area contributed by atoms with Gasteiger partial charge in [-0.15, -0.1) is 0 Å². The first-order valence-electron chi connectivity index (χ1n) is 7.66. The predicted octanol–water partition coefficient (Wildman–Crippen LogP) is 2.96. The van der Waals surface area contributed by atoms with E-state index in [9.17, 15) is 8.42 Å². The number of hydrogen-bond acceptors (Lipinski definition) is 5. The van der Waals surface area contributed by atoms with Gasteiger partial charge in [-0.1, -0.05) is 6.07 Å². The zero-order valence-electron chi connectivity index (χ0n) is 13.0. The van der Waals surface area contributed by atoms with Gasteiger partial charge in [0.25, 0.3) is 0 Å². The van der Waals surface area contributed by atoms with Crippen LogP contribution in [-0.2, 0) is 14.8 Å². The summed E-state index contributed by atoms with van der Waals surface area (Å²) < 4.78 is 38.1. The van der Waals surface area contributed by atoms with Gasteiger partial charge in [0, 0.05) is 17.9 Å². The van der Waals surface area contributed by atoms with E-state index in [4.69, 9.17) is 9.15 Å². The van der Waals surface area contributed by atoms with Crippen molar-refractivity contribution < 1.29 is 17.6 Å². The maximum absolute atomic E-state index is 12.3. The molecule has 0 bridgehead atoms. The van der Waals surface area contributed by atoms with Gasteiger partial charge in [-0.25, -0.2) is 13.4 Å². The zero-order valence-corrected chi connectivity index (χ0v) is 13.8. The van der Waals surface area contributed by atoms with Gasteiger partial charge in [-0.2, -0.15) is 0 Å². The molecule has 2 aromatic rings. The normalized spacial score (nSPS) is 18.7. The second kappa shape index (κ2) is 6.72. The lowest BCUT2D eigenvalue weighted by Gasteiger charge is -2.22. The van der Waals surface area contributed by atoms with Crippen LogP contribution in [0.3, 0.4) is 0 Å². The Labute approximate surface area is 135 Å². The molecule has 7 heteroatoms. The summed E-state index contributed by atoms with van der Waals surface area (Å²) in [5.74, 6) is 0.453. The Morgan fingerprint density at radius 1 is 1.35 bits per heavy atom. The van der Waals surface area contributed by atoms with Crippen LogP contribution in [0.25, 0.3) is 11.5 Å². The third kappa shape index (κ3) is 4.11. The Hall–Kier alpha value is -1.86. The highest BCUT2D eigenvalue weighted by atomic mass is 32.2. The number of oxazole rings is 1. The van der Waals surface area contributed by atoms with Gasteiger partial charge in [0.1, 0.15) is 6.26 Å². The molecule has 0 saturated carbocycles. The lowest BCUT2D eigenvalue weighted by Crippen LogP contribution is -2.30. The molecule has 6 nitrogen and oxygen atoms in total. The minimum absolute atomic E-state index is 0.0186. The molecule has 0 spiro atoms. The highest BCUT2D eigenvalue weighted by Gasteiger charge is 2.22. The van der Waals surface area contributed by atoms with Crippen LogP contribution < -0.4 is 4.72 Å². The van der Waals surface area contributed by atoms with Crippen molar-refractivity contribution in [2.75, 3.05) is 17.1 Å². The van der Waals surface area contributed by atoms with Gasteiger partial charge in [-0.05, 0) is 43.9 Å². The molecule has 0 radical (unpaired) electrons. The van der Waals surface area contributed by atoms with Crippen LogP contribution in [-0.4, -0.2) is 31.9 Å². The molecule has 0 aliphatic carbocycles. The number of sulfonamides is 1. The number of benzene rings is 1. The Balaban J connectivity index is 1.75. The minimum atomic E-state index is -3.46. The third-order valence-corrected chi connectivity index (χ3v) is 5.21. The fourth-order valence-electron chi connectivity index (χ4n) is 2.68. The van der Waals surface area contributed by atoms with Gasteiger partial charge in [0.15, 0.2) is 0 Å². The summed E-state index contributed by atoms with van der Waals surface area (Å²) in [4.78, 5) is 4.11. The van der Waals surface area contributed by atoms with E-state index in [0.29, 0.717) is 18.2 Å². The van der Waals surface area contributed by atoms with E-state index in [1.807, 2.05) is 13.0 Å². The molecule has 1 aromatic heterocycles. The van der Waals surface area contributed by atoms with E-state index < -0.39 is 10.0 Å². The van der Waals surface area contributed by atoms with Gasteiger partial charge >= 0.3 is 0 Å². The molecule has 1 aliphatic rings. The summed E-state index contributed by atoms with van der Waals surface area (Å²) >= 11 is 0. The van der Waals surface area contributed by atoms with Crippen LogP contribution in [0.5, 0.6) is 0 Å². The molecule has 0 amide bonds. The fourth-order valence-corrected chi connectivity index (χ4v) is 4.00. The molecule has 1 atom stereocenters. The summed E-state index contributed by atoms with van der Waals surface area (Å²) in [7, 11) is -3.46. The number of anilines is 1. The van der Waals surface area contributed by atoms with Crippen LogP contribution in [0.1, 0.15) is 24.8 Å². The second-order valence-electron chi connectivity index (χ2n) is 5.74. The summed E-state index contributed by atoms with van der Waals surface area (Å²) in [6.07, 6.45) is 5.63. The van der Waals surface area contributed by atoms with Crippen LogP contribution in [0.15, 0.2) is 35.1 Å². The first kappa shape index (κ1) is 16.0. The Bertz CT molecular complexity index is 750. The van der Waals surface area contributed by atoms with Gasteiger partial charge in [0.2, 0.25) is 15.9 Å². The van der Waals surface area contributed by atoms with E-state index in [1.165, 1.54) is 6.26 Å². The molecule has 1 saturated heterocycles. The Kier molecular flexibility index (Phi) is 4.68. The van der Waals surface area contributed by atoms with Crippen molar-refractivity contribution in [3.63, 3.8) is 0 Å². The van der Waals surface area contributed by atoms with Crippen molar-refractivity contribution in [1.82, 2.24) is 4.98 Å². The van der Waals surface area contributed by atoms with Crippen LogP contribution in [0, 0.1) is 6.92 Å². The summed E-state index contributed by atoms with van der Waals surface area (Å²) in [6.45, 7) is 2.56. The molecule has 1 aromatic carbocycles. The number of hydrogen-bond donors (Lipinski definition) is 1. The number of aromatic nitrogens is 1. The van der Waals surface area contributed by atoms with Crippen LogP contribution in [0.2, 0.25) is 0 Å². The lowest BCUT2D eigenvalue weighted by molar-refractivity contribution is 0.0306. The first-order valence-corrected chi connectivity index (χ1v) is 9.31. The number of aryl methyl sites for hydroxylation is 1. The van der Waals surface area contributed by atoms with E-state index in [0.717, 1.165) is 30.4 Å². The topological polar surface area (TPSA) is 81.4 Å². The van der Waals surface area contributed by atoms with E-state index >= 15 is 0 Å². The first-order chi connectivity index (χ1) is 11.0. The maximum Gasteiger partial charge on any atom is 0.235 e. The van der Waals surface area contributed by atoms with Crippen molar-refractivity contribution in [2.24, 2.45) is 0 Å². The molecule has 1 unspecified atom stereocenters. The number of ether oxygens (including phenoxy) is 1. The Morgan fingerprint density at radius 2 is 2.22 bits per heavy atom. The molecular formula is C16H20N2O4S. The van der Waals surface area contributed by atoms with Crippen molar-refractivity contribution in [1.29, 1.82) is 0 Å². The molecule has 23 heavy (non-hydrogen) atoms. The van der Waals surface area contributed by atoms with Crippen molar-refractivity contribution >= 4 is 15.7 Å². The number of nitrogens with zero attached hydrogens (tertiary/aromatic N) is 1. The molecule has 124 valence electrons. The van der Waals surface area contributed by atoms with E-state index in [2.05, 4.69) is 9.71 Å². The largest absolute Gasteiger partial charge is 0.445 e. The summed E-state index contributed by atoms with van der Waals surface area (Å²) in [5, 5.41) is 0. The minimum Gasteiger partial charge on any atom is -0.445 e. The monoisotopic (exact) mass is 336 g/mol. The number of rotatable bonds is 5. The summed E-state index contributed by atoms with van der Waals surface area (Å²) in [5.41, 5.74) is 2.23. The zero-order chi connectivity index (χ0) is 16.3. The van der Waals surface area contributed by atoms with Gasteiger partial charge in [0.05, 0.1) is 18.1 Å². The predicted molar refractivity (Wildman–Crippen MR) is 87.7 cm³/mol. The molecular weight excluding hydrogens is 316 g/mol. The van der Waals surface area contributed by atoms with Crippen molar-refractivity contribution in [2.45, 2.75) is 32.3 Å². The third-order valence-electron chi connectivity index (χ3n) is 3.85. The molecule has 1 N–H and O–H groups in total. The average molecular weight is 336 g/mol. The molecule has 1 fully saturated rings. The van der Waals surface area contributed by atoms with Gasteiger partial charge < -0.3 is 9.15 Å². The average Bonchev–Trinajstić information content (AvgIpc) is 3.03. The van der Waals surface area contributed by atoms with E-state index in [1.54, 1.807) is 18.3 Å². The molecule has 3 rings (SSSR count). The smallest absolute Gasteiger partial charge is 0.235 e. The quantitative estimate of drug-likeness (QED) is 0.908. The Morgan fingerprint density at radius 3 is 2.91 bits per heavy atom. The lowest BCUT2D eigenvalue weighted by atomic mass is 10.1. The SMILES string of the molecule is Cc1ccc(NS(=O)(=O)CC2CCCCO2)cc1-c1ncco1. The maximum atomic E-state index is 12.3. The van der Waals surface area contributed by atoms with Crippen molar-refractivity contribution in [3.8, 4) is 11.5 Å². The summed E-state index contributed by atoms with van der Waals surface area (Å²) in [6, 6.07) is 5.32. The van der Waals surface area contributed by atoms with Gasteiger partial charge in [-0.3, -0.25) is 4.72 Å².